The molecule has 0 radical (unpaired) electrons. The van der Waals surface area contributed by atoms with E-state index in [2.05, 4.69) is 12.2 Å². The first-order valence-electron chi connectivity index (χ1n) is 10.2. The number of carbonyl (C=O) groups excluding carboxylic acids is 1. The van der Waals surface area contributed by atoms with E-state index in [-0.39, 0.29) is 5.91 Å². The fraction of sp³-hybridized carbons (Fsp3) is 0.192. The second kappa shape index (κ2) is 11.5. The number of rotatable bonds is 10. The Labute approximate surface area is 178 Å². The molecule has 0 aliphatic heterocycles. The number of amides is 1. The average molecular weight is 402 g/mol. The molecule has 1 amide bonds. The molecular weight excluding hydrogens is 374 g/mol. The highest BCUT2D eigenvalue weighted by molar-refractivity contribution is 6.01. The third kappa shape index (κ3) is 7.13. The Morgan fingerprint density at radius 1 is 0.867 bits per heavy atom. The molecule has 0 aromatic heterocycles. The number of benzene rings is 3. The number of unbranched alkanes of at least 4 members (excludes halogenated alkanes) is 1. The van der Waals surface area contributed by atoms with Crippen molar-refractivity contribution in [1.82, 2.24) is 0 Å². The summed E-state index contributed by atoms with van der Waals surface area (Å²) in [5.41, 5.74) is 2.77. The molecule has 0 unspecified atom stereocenters. The van der Waals surface area contributed by atoms with Crippen LogP contribution in [0.1, 0.15) is 30.9 Å². The van der Waals surface area contributed by atoms with Gasteiger partial charge >= 0.3 is 0 Å². The van der Waals surface area contributed by atoms with Crippen LogP contribution in [-0.2, 0) is 11.4 Å². The summed E-state index contributed by atoms with van der Waals surface area (Å²) in [4.78, 5) is 12.2. The zero-order valence-electron chi connectivity index (χ0n) is 17.2. The summed E-state index contributed by atoms with van der Waals surface area (Å²) < 4.78 is 11.4. The molecule has 0 bridgehead atoms. The molecule has 0 atom stereocenters. The van der Waals surface area contributed by atoms with Crippen LogP contribution in [0.2, 0.25) is 0 Å². The molecule has 4 heteroatoms. The molecule has 0 saturated carbocycles. The molecule has 0 fully saturated rings. The van der Waals surface area contributed by atoms with E-state index in [1.807, 2.05) is 78.9 Å². The molecule has 3 aromatic rings. The Morgan fingerprint density at radius 3 is 2.23 bits per heavy atom. The van der Waals surface area contributed by atoms with Crippen molar-refractivity contribution in [2.45, 2.75) is 26.4 Å². The smallest absolute Gasteiger partial charge is 0.248 e. The van der Waals surface area contributed by atoms with Crippen LogP contribution in [0.3, 0.4) is 0 Å². The van der Waals surface area contributed by atoms with E-state index in [1.165, 1.54) is 6.08 Å². The summed E-state index contributed by atoms with van der Waals surface area (Å²) in [6, 6.07) is 25.1. The quantitative estimate of drug-likeness (QED) is 0.330. The Morgan fingerprint density at radius 2 is 1.53 bits per heavy atom. The summed E-state index contributed by atoms with van der Waals surface area (Å²) in [6.45, 7) is 3.37. The summed E-state index contributed by atoms with van der Waals surface area (Å²) in [6.07, 6.45) is 5.45. The van der Waals surface area contributed by atoms with Crippen molar-refractivity contribution in [3.8, 4) is 11.5 Å². The van der Waals surface area contributed by atoms with Crippen LogP contribution in [0.25, 0.3) is 6.08 Å². The van der Waals surface area contributed by atoms with Gasteiger partial charge in [0.05, 0.1) is 6.61 Å². The number of hydrogen-bond donors (Lipinski definition) is 1. The molecule has 4 nitrogen and oxygen atoms in total. The van der Waals surface area contributed by atoms with Crippen molar-refractivity contribution < 1.29 is 14.3 Å². The minimum absolute atomic E-state index is 0.184. The van der Waals surface area contributed by atoms with E-state index < -0.39 is 0 Å². The predicted octanol–water partition coefficient (Wildman–Crippen LogP) is 6.10. The fourth-order valence-corrected chi connectivity index (χ4v) is 2.74. The lowest BCUT2D eigenvalue weighted by atomic mass is 10.2. The number of ether oxygens (including phenoxy) is 2. The molecule has 0 heterocycles. The molecular formula is C26H27NO3. The number of anilines is 1. The molecule has 0 aliphatic carbocycles. The average Bonchev–Trinajstić information content (AvgIpc) is 2.79. The summed E-state index contributed by atoms with van der Waals surface area (Å²) in [5.74, 6) is 1.42. The second-order valence-corrected chi connectivity index (χ2v) is 6.89. The summed E-state index contributed by atoms with van der Waals surface area (Å²) >= 11 is 0. The Kier molecular flexibility index (Phi) is 8.10. The zero-order chi connectivity index (χ0) is 21.0. The van der Waals surface area contributed by atoms with Crippen LogP contribution >= 0.6 is 0 Å². The van der Waals surface area contributed by atoms with Gasteiger partial charge in [0.1, 0.15) is 18.1 Å². The van der Waals surface area contributed by atoms with Crippen molar-refractivity contribution in [2.24, 2.45) is 0 Å². The topological polar surface area (TPSA) is 47.6 Å². The summed E-state index contributed by atoms with van der Waals surface area (Å²) in [5, 5.41) is 2.85. The lowest BCUT2D eigenvalue weighted by Gasteiger charge is -2.08. The third-order valence-corrected chi connectivity index (χ3v) is 4.44. The van der Waals surface area contributed by atoms with E-state index in [0.717, 1.165) is 47.8 Å². The maximum Gasteiger partial charge on any atom is 0.248 e. The van der Waals surface area contributed by atoms with Gasteiger partial charge in [-0.05, 0) is 60.0 Å². The van der Waals surface area contributed by atoms with Crippen molar-refractivity contribution in [2.75, 3.05) is 11.9 Å². The lowest BCUT2D eigenvalue weighted by molar-refractivity contribution is -0.111. The maximum atomic E-state index is 12.2. The second-order valence-electron chi connectivity index (χ2n) is 6.89. The number of carbonyl (C=O) groups is 1. The highest BCUT2D eigenvalue weighted by Crippen LogP contribution is 2.18. The van der Waals surface area contributed by atoms with Gasteiger partial charge in [-0.15, -0.1) is 0 Å². The molecule has 0 spiro atoms. The zero-order valence-corrected chi connectivity index (χ0v) is 17.2. The fourth-order valence-electron chi connectivity index (χ4n) is 2.74. The third-order valence-electron chi connectivity index (χ3n) is 4.44. The largest absolute Gasteiger partial charge is 0.494 e. The van der Waals surface area contributed by atoms with Gasteiger partial charge in [-0.2, -0.15) is 0 Å². The van der Waals surface area contributed by atoms with E-state index in [1.54, 1.807) is 6.08 Å². The van der Waals surface area contributed by atoms with Crippen molar-refractivity contribution in [3.05, 3.63) is 96.1 Å². The number of hydrogen-bond acceptors (Lipinski definition) is 3. The standard InChI is InChI=1S/C26H27NO3/c1-2-3-19-29-24-14-9-21(10-15-24)11-18-26(28)27-23-12-16-25(17-13-23)30-20-22-7-5-4-6-8-22/h4-18H,2-3,19-20H2,1H3,(H,27,28)/b18-11+. The Bertz CT molecular complexity index is 932. The van der Waals surface area contributed by atoms with Crippen LogP contribution in [-0.4, -0.2) is 12.5 Å². The first-order valence-corrected chi connectivity index (χ1v) is 10.2. The number of nitrogens with one attached hydrogen (secondary N) is 1. The molecule has 0 aliphatic rings. The lowest BCUT2D eigenvalue weighted by Crippen LogP contribution is -2.07. The molecule has 3 aromatic carbocycles. The van der Waals surface area contributed by atoms with Crippen LogP contribution in [0, 0.1) is 0 Å². The molecule has 0 saturated heterocycles. The minimum atomic E-state index is -0.184. The Balaban J connectivity index is 1.46. The molecule has 30 heavy (non-hydrogen) atoms. The van der Waals surface area contributed by atoms with E-state index in [0.29, 0.717) is 6.61 Å². The highest BCUT2D eigenvalue weighted by atomic mass is 16.5. The van der Waals surface area contributed by atoms with E-state index in [9.17, 15) is 4.79 Å². The van der Waals surface area contributed by atoms with Gasteiger partial charge in [-0.3, -0.25) is 4.79 Å². The van der Waals surface area contributed by atoms with E-state index >= 15 is 0 Å². The van der Waals surface area contributed by atoms with Gasteiger partial charge < -0.3 is 14.8 Å². The van der Waals surface area contributed by atoms with Crippen molar-refractivity contribution >= 4 is 17.7 Å². The van der Waals surface area contributed by atoms with Gasteiger partial charge in [-0.1, -0.05) is 55.8 Å². The van der Waals surface area contributed by atoms with Crippen LogP contribution in [0.5, 0.6) is 11.5 Å². The minimum Gasteiger partial charge on any atom is -0.494 e. The molecule has 1 N–H and O–H groups in total. The van der Waals surface area contributed by atoms with Gasteiger partial charge in [0.15, 0.2) is 0 Å². The van der Waals surface area contributed by atoms with Gasteiger partial charge in [-0.25, -0.2) is 0 Å². The van der Waals surface area contributed by atoms with Crippen molar-refractivity contribution in [3.63, 3.8) is 0 Å². The Hall–Kier alpha value is -3.53. The molecule has 3 rings (SSSR count). The van der Waals surface area contributed by atoms with Crippen LogP contribution in [0.15, 0.2) is 84.9 Å². The van der Waals surface area contributed by atoms with Crippen LogP contribution < -0.4 is 14.8 Å². The van der Waals surface area contributed by atoms with Gasteiger partial charge in [0.2, 0.25) is 5.91 Å². The predicted molar refractivity (Wildman–Crippen MR) is 122 cm³/mol. The van der Waals surface area contributed by atoms with E-state index in [4.69, 9.17) is 9.47 Å². The van der Waals surface area contributed by atoms with Gasteiger partial charge in [0.25, 0.3) is 0 Å². The van der Waals surface area contributed by atoms with Crippen LogP contribution in [0.4, 0.5) is 5.69 Å². The highest BCUT2D eigenvalue weighted by Gasteiger charge is 2.00. The first-order chi connectivity index (χ1) is 14.7. The van der Waals surface area contributed by atoms with Crippen molar-refractivity contribution in [1.29, 1.82) is 0 Å². The maximum absolute atomic E-state index is 12.2. The summed E-state index contributed by atoms with van der Waals surface area (Å²) in [7, 11) is 0. The first kappa shape index (κ1) is 21.2. The monoisotopic (exact) mass is 401 g/mol. The normalized spacial score (nSPS) is 10.7. The molecule has 154 valence electrons. The SMILES string of the molecule is CCCCOc1ccc(/C=C/C(=O)Nc2ccc(OCc3ccccc3)cc2)cc1. The van der Waals surface area contributed by atoms with Gasteiger partial charge in [0, 0.05) is 11.8 Å².